The summed E-state index contributed by atoms with van der Waals surface area (Å²) < 4.78 is 27.8. The second-order valence-electron chi connectivity index (χ2n) is 4.54. The van der Waals surface area contributed by atoms with Crippen molar-refractivity contribution in [1.29, 1.82) is 0 Å². The lowest BCUT2D eigenvalue weighted by molar-refractivity contribution is 0.552. The Labute approximate surface area is 137 Å². The number of hydrogen-bond acceptors (Lipinski definition) is 5. The van der Waals surface area contributed by atoms with Gasteiger partial charge >= 0.3 is 0 Å². The Morgan fingerprint density at radius 1 is 1.33 bits per heavy atom. The molecule has 0 fully saturated rings. The highest BCUT2D eigenvalue weighted by molar-refractivity contribution is 9.10. The maximum atomic E-state index is 12.1. The third-order valence-corrected chi connectivity index (χ3v) is 5.80. The Bertz CT molecular complexity index is 698. The first kappa shape index (κ1) is 16.6. The summed E-state index contributed by atoms with van der Waals surface area (Å²) in [7, 11) is -1.78. The van der Waals surface area contributed by atoms with Crippen molar-refractivity contribution >= 4 is 37.3 Å². The average molecular weight is 390 g/mol. The van der Waals surface area contributed by atoms with Crippen LogP contribution in [0.2, 0.25) is 0 Å². The van der Waals surface area contributed by atoms with Gasteiger partial charge in [-0.1, -0.05) is 28.1 Å². The number of nitrogens with one attached hydrogen (secondary N) is 2. The maximum Gasteiger partial charge on any atom is 0.258 e. The van der Waals surface area contributed by atoms with Gasteiger partial charge in [0.05, 0.1) is 0 Å². The van der Waals surface area contributed by atoms with Crippen molar-refractivity contribution in [2.24, 2.45) is 0 Å². The van der Waals surface area contributed by atoms with Crippen LogP contribution in [-0.4, -0.2) is 33.0 Å². The number of halogens is 1. The van der Waals surface area contributed by atoms with Gasteiger partial charge in [0, 0.05) is 28.0 Å². The van der Waals surface area contributed by atoms with Gasteiger partial charge in [0.1, 0.15) is 5.01 Å². The predicted molar refractivity (Wildman–Crippen MR) is 89.0 cm³/mol. The van der Waals surface area contributed by atoms with Crippen molar-refractivity contribution in [1.82, 2.24) is 15.0 Å². The first-order chi connectivity index (χ1) is 9.92. The number of hydrogen-bond donors (Lipinski definition) is 2. The maximum absolute atomic E-state index is 12.1. The number of thiazole rings is 1. The SMILES string of the molecule is CNC(C)CNS(=O)(=O)c1csc(-c2ccc(Br)cc2)n1. The molecule has 1 aromatic carbocycles. The third-order valence-electron chi connectivity index (χ3n) is 2.92. The van der Waals surface area contributed by atoms with Gasteiger partial charge in [-0.05, 0) is 26.1 Å². The van der Waals surface area contributed by atoms with Crippen LogP contribution in [0.25, 0.3) is 10.6 Å². The average Bonchev–Trinajstić information content (AvgIpc) is 2.96. The first-order valence-corrected chi connectivity index (χ1v) is 9.46. The van der Waals surface area contributed by atoms with Crippen LogP contribution in [0.3, 0.4) is 0 Å². The molecule has 0 aliphatic carbocycles. The minimum absolute atomic E-state index is 0.0596. The van der Waals surface area contributed by atoms with E-state index in [2.05, 4.69) is 31.0 Å². The topological polar surface area (TPSA) is 71.1 Å². The molecular formula is C13H16BrN3O2S2. The molecule has 1 unspecified atom stereocenters. The van der Waals surface area contributed by atoms with E-state index in [4.69, 9.17) is 0 Å². The fourth-order valence-corrected chi connectivity index (χ4v) is 4.01. The monoisotopic (exact) mass is 389 g/mol. The zero-order valence-electron chi connectivity index (χ0n) is 11.6. The Kier molecular flexibility index (Phi) is 5.50. The first-order valence-electron chi connectivity index (χ1n) is 6.31. The van der Waals surface area contributed by atoms with Crippen LogP contribution < -0.4 is 10.0 Å². The summed E-state index contributed by atoms with van der Waals surface area (Å²) in [6.45, 7) is 2.22. The minimum atomic E-state index is -3.56. The van der Waals surface area contributed by atoms with E-state index in [1.807, 2.05) is 31.2 Å². The molecule has 2 N–H and O–H groups in total. The molecule has 2 aromatic rings. The highest BCUT2D eigenvalue weighted by Gasteiger charge is 2.19. The number of aromatic nitrogens is 1. The second kappa shape index (κ2) is 6.97. The Morgan fingerprint density at radius 3 is 2.62 bits per heavy atom. The van der Waals surface area contributed by atoms with Gasteiger partial charge < -0.3 is 5.32 Å². The molecule has 0 amide bonds. The molecule has 0 saturated heterocycles. The fourth-order valence-electron chi connectivity index (χ4n) is 1.52. The molecule has 0 aliphatic rings. The normalized spacial score (nSPS) is 13.3. The molecule has 0 saturated carbocycles. The lowest BCUT2D eigenvalue weighted by Crippen LogP contribution is -2.37. The lowest BCUT2D eigenvalue weighted by atomic mass is 10.2. The third kappa shape index (κ3) is 4.33. The molecule has 0 spiro atoms. The molecule has 114 valence electrons. The van der Waals surface area contributed by atoms with Crippen LogP contribution in [0.15, 0.2) is 39.1 Å². The lowest BCUT2D eigenvalue weighted by Gasteiger charge is -2.10. The van der Waals surface area contributed by atoms with Crippen LogP contribution in [-0.2, 0) is 10.0 Å². The Hall–Kier alpha value is -0.800. The Morgan fingerprint density at radius 2 is 2.00 bits per heavy atom. The van der Waals surface area contributed by atoms with Crippen LogP contribution in [0, 0.1) is 0 Å². The molecule has 1 aromatic heterocycles. The quantitative estimate of drug-likeness (QED) is 0.795. The molecule has 1 heterocycles. The van der Waals surface area contributed by atoms with E-state index >= 15 is 0 Å². The molecule has 1 atom stereocenters. The summed E-state index contributed by atoms with van der Waals surface area (Å²) >= 11 is 4.68. The van der Waals surface area contributed by atoms with E-state index in [1.54, 1.807) is 12.4 Å². The summed E-state index contributed by atoms with van der Waals surface area (Å²) in [6.07, 6.45) is 0. The van der Waals surface area contributed by atoms with Crippen molar-refractivity contribution in [3.05, 3.63) is 34.1 Å². The van der Waals surface area contributed by atoms with Crippen LogP contribution in [0.4, 0.5) is 0 Å². The van der Waals surface area contributed by atoms with Crippen molar-refractivity contribution < 1.29 is 8.42 Å². The molecule has 2 rings (SSSR count). The van der Waals surface area contributed by atoms with Gasteiger partial charge in [-0.15, -0.1) is 11.3 Å². The number of likely N-dealkylation sites (N-methyl/N-ethyl adjacent to an activating group) is 1. The second-order valence-corrected chi connectivity index (χ2v) is 8.03. The number of sulfonamides is 1. The van der Waals surface area contributed by atoms with Gasteiger partial charge in [0.25, 0.3) is 10.0 Å². The minimum Gasteiger partial charge on any atom is -0.316 e. The zero-order chi connectivity index (χ0) is 15.5. The van der Waals surface area contributed by atoms with E-state index in [-0.39, 0.29) is 11.1 Å². The zero-order valence-corrected chi connectivity index (χ0v) is 14.8. The summed E-state index contributed by atoms with van der Waals surface area (Å²) in [5, 5.41) is 5.28. The van der Waals surface area contributed by atoms with Crippen LogP contribution in [0.1, 0.15) is 6.92 Å². The summed E-state index contributed by atoms with van der Waals surface area (Å²) in [4.78, 5) is 4.22. The summed E-state index contributed by atoms with van der Waals surface area (Å²) in [5.41, 5.74) is 0.897. The molecule has 5 nitrogen and oxygen atoms in total. The smallest absolute Gasteiger partial charge is 0.258 e. The van der Waals surface area contributed by atoms with E-state index in [0.29, 0.717) is 11.6 Å². The van der Waals surface area contributed by atoms with Crippen molar-refractivity contribution in [2.45, 2.75) is 18.0 Å². The number of nitrogens with zero attached hydrogens (tertiary/aromatic N) is 1. The summed E-state index contributed by atoms with van der Waals surface area (Å²) in [6, 6.07) is 7.66. The van der Waals surface area contributed by atoms with E-state index < -0.39 is 10.0 Å². The molecule has 0 radical (unpaired) electrons. The Balaban J connectivity index is 2.17. The van der Waals surface area contributed by atoms with Gasteiger partial charge in [0.2, 0.25) is 0 Å². The molecule has 8 heteroatoms. The molecule has 0 bridgehead atoms. The van der Waals surface area contributed by atoms with Gasteiger partial charge in [0.15, 0.2) is 5.03 Å². The fraction of sp³-hybridized carbons (Fsp3) is 0.308. The van der Waals surface area contributed by atoms with Crippen LogP contribution >= 0.6 is 27.3 Å². The molecule has 0 aliphatic heterocycles. The van der Waals surface area contributed by atoms with Gasteiger partial charge in [-0.3, -0.25) is 0 Å². The summed E-state index contributed by atoms with van der Waals surface area (Å²) in [5.74, 6) is 0. The number of rotatable bonds is 6. The van der Waals surface area contributed by atoms with Crippen molar-refractivity contribution in [3.63, 3.8) is 0 Å². The largest absolute Gasteiger partial charge is 0.316 e. The molecular weight excluding hydrogens is 374 g/mol. The standard InChI is InChI=1S/C13H16BrN3O2S2/c1-9(15-2)7-16-21(18,19)12-8-20-13(17-12)10-3-5-11(14)6-4-10/h3-6,8-9,15-16H,7H2,1-2H3. The van der Waals surface area contributed by atoms with E-state index in [0.717, 1.165) is 10.0 Å². The van der Waals surface area contributed by atoms with Gasteiger partial charge in [-0.2, -0.15) is 0 Å². The van der Waals surface area contributed by atoms with E-state index in [9.17, 15) is 8.42 Å². The van der Waals surface area contributed by atoms with Crippen molar-refractivity contribution in [3.8, 4) is 10.6 Å². The predicted octanol–water partition coefficient (Wildman–Crippen LogP) is 2.46. The van der Waals surface area contributed by atoms with Crippen LogP contribution in [0.5, 0.6) is 0 Å². The van der Waals surface area contributed by atoms with Gasteiger partial charge in [-0.25, -0.2) is 18.1 Å². The highest BCUT2D eigenvalue weighted by atomic mass is 79.9. The van der Waals surface area contributed by atoms with Crippen molar-refractivity contribution in [2.75, 3.05) is 13.6 Å². The molecule has 21 heavy (non-hydrogen) atoms. The van der Waals surface area contributed by atoms with E-state index in [1.165, 1.54) is 11.3 Å². The number of benzene rings is 1. The highest BCUT2D eigenvalue weighted by Crippen LogP contribution is 2.26.